The largest absolute Gasteiger partial charge is 0.490 e. The predicted molar refractivity (Wildman–Crippen MR) is 121 cm³/mol. The van der Waals surface area contributed by atoms with Crippen LogP contribution in [-0.4, -0.2) is 23.2 Å². The molecule has 0 heterocycles. The van der Waals surface area contributed by atoms with Crippen molar-refractivity contribution < 1.29 is 32.7 Å². The zero-order valence-electron chi connectivity index (χ0n) is 20.0. The van der Waals surface area contributed by atoms with E-state index in [1.165, 1.54) is 0 Å². The van der Waals surface area contributed by atoms with E-state index < -0.39 is 12.1 Å². The quantitative estimate of drug-likeness (QED) is 0.514. The average Bonchev–Trinajstić information content (AvgIpc) is 2.70. The van der Waals surface area contributed by atoms with E-state index in [4.69, 9.17) is 14.7 Å². The van der Waals surface area contributed by atoms with Gasteiger partial charge in [-0.05, 0) is 46.6 Å². The van der Waals surface area contributed by atoms with Crippen LogP contribution >= 0.6 is 0 Å². The summed E-state index contributed by atoms with van der Waals surface area (Å²) in [6, 6.07) is 15.9. The molecule has 5 nitrogen and oxygen atoms in total. The fourth-order valence-electron chi connectivity index (χ4n) is 2.62. The number of carbonyl (C=O) groups excluding carboxylic acids is 1. The Hall–Kier alpha value is -2.87. The van der Waals surface area contributed by atoms with Crippen molar-refractivity contribution in [3.63, 3.8) is 0 Å². The summed E-state index contributed by atoms with van der Waals surface area (Å²) >= 11 is 0. The monoisotopic (exact) mass is 467 g/mol. The van der Waals surface area contributed by atoms with E-state index in [0.717, 1.165) is 16.7 Å². The smallest absolute Gasteiger partial charge is 0.475 e. The number of carboxylic acid groups (broad SMARTS) is 1. The van der Waals surface area contributed by atoms with Crippen molar-refractivity contribution >= 4 is 11.9 Å². The van der Waals surface area contributed by atoms with E-state index in [1.807, 2.05) is 49.4 Å². The molecule has 2 N–H and O–H groups in total. The number of carboxylic acids is 1. The van der Waals surface area contributed by atoms with Gasteiger partial charge < -0.3 is 9.94 Å². The Morgan fingerprint density at radius 2 is 1.30 bits per heavy atom. The van der Waals surface area contributed by atoms with Gasteiger partial charge in [-0.15, -0.1) is 5.48 Å². The van der Waals surface area contributed by atoms with Gasteiger partial charge in [-0.1, -0.05) is 77.9 Å². The lowest BCUT2D eigenvalue weighted by Crippen LogP contribution is -2.24. The van der Waals surface area contributed by atoms with Crippen molar-refractivity contribution in [1.82, 2.24) is 5.48 Å². The summed E-state index contributed by atoms with van der Waals surface area (Å²) in [5.41, 5.74) is 6.69. The molecule has 0 unspecified atom stereocenters. The maximum atomic E-state index is 12.7. The summed E-state index contributed by atoms with van der Waals surface area (Å²) in [5.74, 6) is -3.11. The highest BCUT2D eigenvalue weighted by molar-refractivity contribution is 5.89. The number of hydroxylamine groups is 1. The molecule has 0 amide bonds. The number of rotatable bonds is 4. The van der Waals surface area contributed by atoms with E-state index in [9.17, 15) is 18.0 Å². The topological polar surface area (TPSA) is 75.6 Å². The number of benzene rings is 2. The summed E-state index contributed by atoms with van der Waals surface area (Å²) in [6.07, 6.45) is -5.08. The van der Waals surface area contributed by atoms with Crippen LogP contribution in [0.2, 0.25) is 0 Å². The van der Waals surface area contributed by atoms with Gasteiger partial charge in [-0.2, -0.15) is 13.2 Å². The first-order valence-corrected chi connectivity index (χ1v) is 10.4. The molecule has 0 aliphatic heterocycles. The molecule has 2 rings (SSSR count). The number of nitrogens with one attached hydrogen (secondary N) is 1. The number of hydrogen-bond donors (Lipinski definition) is 2. The molecule has 0 bridgehead atoms. The van der Waals surface area contributed by atoms with Gasteiger partial charge in [0, 0.05) is 0 Å². The Bertz CT molecular complexity index is 911. The highest BCUT2D eigenvalue weighted by Crippen LogP contribution is 2.30. The van der Waals surface area contributed by atoms with Crippen LogP contribution < -0.4 is 5.48 Å². The summed E-state index contributed by atoms with van der Waals surface area (Å²) in [7, 11) is 0. The molecule has 0 aliphatic rings. The van der Waals surface area contributed by atoms with Gasteiger partial charge in [0.2, 0.25) is 0 Å². The average molecular weight is 468 g/mol. The molecule has 1 atom stereocenters. The first-order valence-electron chi connectivity index (χ1n) is 10.4. The third kappa shape index (κ3) is 9.26. The van der Waals surface area contributed by atoms with Gasteiger partial charge in [-0.3, -0.25) is 0 Å². The molecule has 2 aromatic carbocycles. The first-order chi connectivity index (χ1) is 14.9. The number of hydrogen-bond acceptors (Lipinski definition) is 4. The predicted octanol–water partition coefficient (Wildman–Crippen LogP) is 6.34. The van der Waals surface area contributed by atoms with Crippen molar-refractivity contribution in [3.05, 3.63) is 70.8 Å². The first kappa shape index (κ1) is 28.2. The van der Waals surface area contributed by atoms with Crippen LogP contribution in [0, 0.1) is 0 Å². The molecule has 182 valence electrons. The van der Waals surface area contributed by atoms with Gasteiger partial charge in [-0.25, -0.2) is 9.59 Å². The minimum Gasteiger partial charge on any atom is -0.475 e. The molecular weight excluding hydrogens is 435 g/mol. The van der Waals surface area contributed by atoms with E-state index in [1.54, 1.807) is 0 Å². The number of carbonyl (C=O) groups is 2. The Morgan fingerprint density at radius 3 is 1.67 bits per heavy atom. The molecule has 0 saturated heterocycles. The number of alkyl halides is 3. The minimum absolute atomic E-state index is 0.0406. The SMILES string of the molecule is C[C@H](NOC(=O)c1cc(C(C)(C)C)cc(C(C)(C)C)c1)c1ccccc1.O=C(O)C(F)(F)F. The zero-order chi connectivity index (χ0) is 25.6. The molecule has 8 heteroatoms. The highest BCUT2D eigenvalue weighted by Gasteiger charge is 2.38. The summed E-state index contributed by atoms with van der Waals surface area (Å²) in [5, 5.41) is 7.12. The zero-order valence-corrected chi connectivity index (χ0v) is 20.0. The molecule has 33 heavy (non-hydrogen) atoms. The van der Waals surface area contributed by atoms with Crippen LogP contribution in [0.15, 0.2) is 48.5 Å². The molecule has 0 aromatic heterocycles. The molecule has 0 saturated carbocycles. The number of aliphatic carboxylic acids is 1. The molecule has 2 aromatic rings. The van der Waals surface area contributed by atoms with Gasteiger partial charge in [0.25, 0.3) is 0 Å². The van der Waals surface area contributed by atoms with Crippen molar-refractivity contribution in [2.45, 2.75) is 71.5 Å². The third-order valence-corrected chi connectivity index (χ3v) is 4.77. The summed E-state index contributed by atoms with van der Waals surface area (Å²) < 4.78 is 31.7. The fourth-order valence-corrected chi connectivity index (χ4v) is 2.62. The van der Waals surface area contributed by atoms with Crippen LogP contribution in [-0.2, 0) is 20.5 Å². The van der Waals surface area contributed by atoms with Gasteiger partial charge in [0.1, 0.15) is 0 Å². The fraction of sp³-hybridized carbons (Fsp3) is 0.440. The second-order valence-electron chi connectivity index (χ2n) is 9.74. The van der Waals surface area contributed by atoms with E-state index >= 15 is 0 Å². The van der Waals surface area contributed by atoms with Crippen LogP contribution in [0.4, 0.5) is 13.2 Å². The van der Waals surface area contributed by atoms with Crippen LogP contribution in [0.3, 0.4) is 0 Å². The second kappa shape index (κ2) is 10.8. The minimum atomic E-state index is -5.08. The van der Waals surface area contributed by atoms with Crippen molar-refractivity contribution in [2.24, 2.45) is 0 Å². The van der Waals surface area contributed by atoms with E-state index in [2.05, 4.69) is 53.1 Å². The molecule has 0 spiro atoms. The lowest BCUT2D eigenvalue weighted by molar-refractivity contribution is -0.192. The van der Waals surface area contributed by atoms with Crippen LogP contribution in [0.25, 0.3) is 0 Å². The summed E-state index contributed by atoms with van der Waals surface area (Å²) in [6.45, 7) is 14.9. The van der Waals surface area contributed by atoms with Gasteiger partial charge >= 0.3 is 18.1 Å². The van der Waals surface area contributed by atoms with Crippen LogP contribution in [0.1, 0.15) is 81.6 Å². The summed E-state index contributed by atoms with van der Waals surface area (Å²) in [4.78, 5) is 26.9. The molecule has 0 radical (unpaired) electrons. The maximum absolute atomic E-state index is 12.7. The van der Waals surface area contributed by atoms with Crippen molar-refractivity contribution in [3.8, 4) is 0 Å². The van der Waals surface area contributed by atoms with Gasteiger partial charge in [0.15, 0.2) is 0 Å². The molecular formula is C25H32F3NO4. The number of halogens is 3. The Balaban J connectivity index is 0.000000675. The molecule has 0 aliphatic carbocycles. The van der Waals surface area contributed by atoms with Crippen LogP contribution in [0.5, 0.6) is 0 Å². The lowest BCUT2D eigenvalue weighted by atomic mass is 9.79. The highest BCUT2D eigenvalue weighted by atomic mass is 19.4. The van der Waals surface area contributed by atoms with Crippen molar-refractivity contribution in [1.29, 1.82) is 0 Å². The van der Waals surface area contributed by atoms with Crippen molar-refractivity contribution in [2.75, 3.05) is 0 Å². The van der Waals surface area contributed by atoms with E-state index in [0.29, 0.717) is 5.56 Å². The standard InChI is InChI=1S/C23H31NO2.C2HF3O2/c1-16(17-11-9-8-10-12-17)24-26-21(25)18-13-19(22(2,3)4)15-20(14-18)23(5,6)7;3-2(4,5)1(6)7/h8-16,24H,1-7H3;(H,6,7)/t16-;/m0./s1. The van der Waals surface area contributed by atoms with E-state index in [-0.39, 0.29) is 22.8 Å². The second-order valence-corrected chi connectivity index (χ2v) is 9.74. The lowest BCUT2D eigenvalue weighted by Gasteiger charge is -2.26. The third-order valence-electron chi connectivity index (χ3n) is 4.77. The molecule has 0 fully saturated rings. The maximum Gasteiger partial charge on any atom is 0.490 e. The Kier molecular flexibility index (Phi) is 9.24. The Morgan fingerprint density at radius 1 is 0.879 bits per heavy atom. The van der Waals surface area contributed by atoms with Gasteiger partial charge in [0.05, 0.1) is 11.6 Å². The Labute approximate surface area is 192 Å². The normalized spacial score (nSPS) is 12.9.